The first-order valence-corrected chi connectivity index (χ1v) is 6.04. The van der Waals surface area contributed by atoms with E-state index in [0.29, 0.717) is 0 Å². The van der Waals surface area contributed by atoms with E-state index in [0.717, 1.165) is 25.7 Å². The average Bonchev–Trinajstić information content (AvgIpc) is 2.15. The van der Waals surface area contributed by atoms with Crippen LogP contribution in [-0.2, 0) is 9.84 Å². The van der Waals surface area contributed by atoms with Crippen molar-refractivity contribution in [2.24, 2.45) is 0 Å². The molecule has 2 nitrogen and oxygen atoms in total. The largest absolute Gasteiger partial charge is 0.228 e. The summed E-state index contributed by atoms with van der Waals surface area (Å²) in [5.74, 6) is 0. The van der Waals surface area contributed by atoms with E-state index in [4.69, 9.17) is 11.6 Å². The fourth-order valence-corrected chi connectivity index (χ4v) is 5.27. The van der Waals surface area contributed by atoms with Crippen LogP contribution in [0.1, 0.15) is 25.7 Å². The van der Waals surface area contributed by atoms with Crippen molar-refractivity contribution < 1.29 is 8.42 Å². The van der Waals surface area contributed by atoms with E-state index in [2.05, 4.69) is 0 Å². The molecule has 2 saturated heterocycles. The van der Waals surface area contributed by atoms with Crippen molar-refractivity contribution >= 4 is 21.4 Å². The fraction of sp³-hybridized carbons (Fsp3) is 1.00. The normalized spacial score (nSPS) is 47.5. The molecule has 0 amide bonds. The molecule has 0 aromatic heterocycles. The first kappa shape index (κ1) is 7.87. The lowest BCUT2D eigenvalue weighted by Crippen LogP contribution is -2.35. The molecule has 0 spiro atoms. The van der Waals surface area contributed by atoms with Crippen molar-refractivity contribution in [3.8, 4) is 0 Å². The zero-order valence-corrected chi connectivity index (χ0v) is 7.74. The summed E-state index contributed by atoms with van der Waals surface area (Å²) in [5.41, 5.74) is 0. The maximum atomic E-state index is 11.5. The molecule has 0 saturated carbocycles. The van der Waals surface area contributed by atoms with E-state index >= 15 is 0 Å². The second kappa shape index (κ2) is 2.36. The Bertz CT molecular complexity index is 260. The zero-order valence-electron chi connectivity index (χ0n) is 6.16. The summed E-state index contributed by atoms with van der Waals surface area (Å²) in [6.07, 6.45) is 3.31. The number of halogens is 1. The molecule has 0 unspecified atom stereocenters. The summed E-state index contributed by atoms with van der Waals surface area (Å²) >= 11 is 5.91. The van der Waals surface area contributed by atoms with Crippen LogP contribution >= 0.6 is 11.6 Å². The number of hydrogen-bond acceptors (Lipinski definition) is 2. The Morgan fingerprint density at radius 2 is 1.73 bits per heavy atom. The number of fused-ring (bicyclic) bond motifs is 2. The van der Waals surface area contributed by atoms with E-state index in [1.54, 1.807) is 0 Å². The first-order valence-electron chi connectivity index (χ1n) is 3.99. The summed E-state index contributed by atoms with van der Waals surface area (Å²) in [6.45, 7) is 0. The summed E-state index contributed by atoms with van der Waals surface area (Å²) in [6, 6.07) is 0. The third-order valence-corrected chi connectivity index (χ3v) is 6.31. The highest BCUT2D eigenvalue weighted by molar-refractivity contribution is 7.93. The van der Waals surface area contributed by atoms with Crippen LogP contribution in [0.2, 0.25) is 0 Å². The van der Waals surface area contributed by atoms with Gasteiger partial charge in [-0.1, -0.05) is 0 Å². The smallest absolute Gasteiger partial charge is 0.157 e. The van der Waals surface area contributed by atoms with E-state index in [1.807, 2.05) is 0 Å². The highest BCUT2D eigenvalue weighted by Crippen LogP contribution is 2.40. The fourth-order valence-electron chi connectivity index (χ4n) is 2.15. The minimum Gasteiger partial charge on any atom is -0.228 e. The molecule has 64 valence electrons. The molecule has 0 aromatic rings. The standard InChI is InChI=1S/C7H11ClO2S/c8-6-3-1-5-2-4-7(6)11(5,9)10/h5-7H,1-4H2/t5-,6+,7+/m0/s1. The van der Waals surface area contributed by atoms with Gasteiger partial charge in [-0.25, -0.2) is 8.42 Å². The molecule has 2 fully saturated rings. The van der Waals surface area contributed by atoms with Crippen molar-refractivity contribution in [3.05, 3.63) is 0 Å². The van der Waals surface area contributed by atoms with Gasteiger partial charge >= 0.3 is 0 Å². The maximum Gasteiger partial charge on any atom is 0.157 e. The lowest BCUT2D eigenvalue weighted by Gasteiger charge is -2.23. The molecule has 0 aromatic carbocycles. The highest BCUT2D eigenvalue weighted by atomic mass is 35.5. The Balaban J connectivity index is 2.39. The second-order valence-electron chi connectivity index (χ2n) is 3.42. The van der Waals surface area contributed by atoms with Crippen molar-refractivity contribution in [1.82, 2.24) is 0 Å². The van der Waals surface area contributed by atoms with E-state index in [-0.39, 0.29) is 15.9 Å². The maximum absolute atomic E-state index is 11.5. The van der Waals surface area contributed by atoms with Crippen LogP contribution in [0, 0.1) is 0 Å². The summed E-state index contributed by atoms with van der Waals surface area (Å²) in [4.78, 5) is 0. The Kier molecular flexibility index (Phi) is 1.69. The molecule has 2 aliphatic heterocycles. The SMILES string of the molecule is O=S1(=O)[C@H]2CC[C@@H](Cl)[C@H]1CC2. The van der Waals surface area contributed by atoms with Gasteiger partial charge in [0, 0.05) is 0 Å². The monoisotopic (exact) mass is 194 g/mol. The Morgan fingerprint density at radius 3 is 2.36 bits per heavy atom. The Hall–Kier alpha value is 0.240. The van der Waals surface area contributed by atoms with Crippen LogP contribution in [0.3, 0.4) is 0 Å². The van der Waals surface area contributed by atoms with Crippen LogP contribution in [0.4, 0.5) is 0 Å². The lowest BCUT2D eigenvalue weighted by atomic mass is 10.2. The van der Waals surface area contributed by atoms with Crippen molar-refractivity contribution in [2.75, 3.05) is 0 Å². The third-order valence-electron chi connectivity index (χ3n) is 2.83. The minimum atomic E-state index is -2.81. The number of hydrogen-bond donors (Lipinski definition) is 0. The second-order valence-corrected chi connectivity index (χ2v) is 6.43. The van der Waals surface area contributed by atoms with Gasteiger partial charge in [-0.05, 0) is 25.7 Å². The van der Waals surface area contributed by atoms with Gasteiger partial charge in [0.25, 0.3) is 0 Å². The van der Waals surface area contributed by atoms with Gasteiger partial charge in [-0.2, -0.15) is 0 Å². The molecule has 2 aliphatic rings. The van der Waals surface area contributed by atoms with Gasteiger partial charge in [0.15, 0.2) is 9.84 Å². The minimum absolute atomic E-state index is 0.0532. The van der Waals surface area contributed by atoms with Gasteiger partial charge in [0.05, 0.1) is 15.9 Å². The molecule has 3 atom stereocenters. The molecule has 0 N–H and O–H groups in total. The number of alkyl halides is 1. The van der Waals surface area contributed by atoms with Crippen molar-refractivity contribution in [2.45, 2.75) is 41.6 Å². The van der Waals surface area contributed by atoms with Crippen molar-refractivity contribution in [1.29, 1.82) is 0 Å². The number of rotatable bonds is 0. The molecular formula is C7H11ClO2S. The van der Waals surface area contributed by atoms with Crippen molar-refractivity contribution in [3.63, 3.8) is 0 Å². The van der Waals surface area contributed by atoms with Gasteiger partial charge in [-0.3, -0.25) is 0 Å². The number of sulfone groups is 1. The van der Waals surface area contributed by atoms with E-state index in [1.165, 1.54) is 0 Å². The van der Waals surface area contributed by atoms with Crippen LogP contribution in [0.25, 0.3) is 0 Å². The molecule has 0 aliphatic carbocycles. The summed E-state index contributed by atoms with van der Waals surface area (Å²) < 4.78 is 23.0. The van der Waals surface area contributed by atoms with Gasteiger partial charge in [-0.15, -0.1) is 11.6 Å². The predicted molar refractivity (Wildman–Crippen MR) is 44.6 cm³/mol. The van der Waals surface area contributed by atoms with Crippen LogP contribution in [0.5, 0.6) is 0 Å². The van der Waals surface area contributed by atoms with Crippen LogP contribution < -0.4 is 0 Å². The van der Waals surface area contributed by atoms with Crippen LogP contribution in [0.15, 0.2) is 0 Å². The molecule has 4 heteroatoms. The Morgan fingerprint density at radius 1 is 1.09 bits per heavy atom. The van der Waals surface area contributed by atoms with E-state index in [9.17, 15) is 8.42 Å². The van der Waals surface area contributed by atoms with Crippen LogP contribution in [-0.4, -0.2) is 24.3 Å². The first-order chi connectivity index (χ1) is 5.12. The lowest BCUT2D eigenvalue weighted by molar-refractivity contribution is 0.547. The predicted octanol–water partition coefficient (Wildman–Crippen LogP) is 1.33. The Labute approximate surface area is 71.8 Å². The highest BCUT2D eigenvalue weighted by Gasteiger charge is 2.47. The molecule has 2 heterocycles. The third kappa shape index (κ3) is 1.01. The van der Waals surface area contributed by atoms with Gasteiger partial charge < -0.3 is 0 Å². The molecule has 2 bridgehead atoms. The van der Waals surface area contributed by atoms with E-state index < -0.39 is 9.84 Å². The molecule has 11 heavy (non-hydrogen) atoms. The van der Waals surface area contributed by atoms with Gasteiger partial charge in [0.1, 0.15) is 0 Å². The molecule has 0 radical (unpaired) electrons. The zero-order chi connectivity index (χ0) is 8.06. The average molecular weight is 195 g/mol. The van der Waals surface area contributed by atoms with Gasteiger partial charge in [0.2, 0.25) is 0 Å². The summed E-state index contributed by atoms with van der Waals surface area (Å²) in [5, 5.41) is -0.385. The topological polar surface area (TPSA) is 34.1 Å². The molecule has 2 rings (SSSR count). The molecular weight excluding hydrogens is 184 g/mol. The summed E-state index contributed by atoms with van der Waals surface area (Å²) in [7, 11) is -2.81. The quantitative estimate of drug-likeness (QED) is 0.546.